The molecule has 0 spiro atoms. The number of nitrogens with one attached hydrogen (secondary N) is 2. The van der Waals surface area contributed by atoms with Crippen LogP contribution >= 0.6 is 11.3 Å². The molecule has 0 unspecified atom stereocenters. The number of fused-ring (bicyclic) bond motifs is 3. The molecule has 8 heteroatoms. The van der Waals surface area contributed by atoms with Crippen LogP contribution in [0.15, 0.2) is 36.5 Å². The number of carbonyl (C=O) groups is 3. The van der Waals surface area contributed by atoms with Gasteiger partial charge in [-0.05, 0) is 48.2 Å². The minimum Gasteiger partial charge on any atom is -0.478 e. The summed E-state index contributed by atoms with van der Waals surface area (Å²) in [7, 11) is 0. The van der Waals surface area contributed by atoms with Gasteiger partial charge in [-0.1, -0.05) is 26.8 Å². The topological polar surface area (TPSA) is 108 Å². The number of carbonyl (C=O) groups excluding carboxylic acids is 2. The number of anilines is 2. The van der Waals surface area contributed by atoms with E-state index in [1.165, 1.54) is 18.3 Å². The van der Waals surface area contributed by atoms with Crippen LogP contribution in [0.1, 0.15) is 64.5 Å². The Morgan fingerprint density at radius 2 is 1.82 bits per heavy atom. The second-order valence-corrected chi connectivity index (χ2v) is 10.2. The molecule has 7 nitrogen and oxygen atoms in total. The van der Waals surface area contributed by atoms with Crippen molar-refractivity contribution in [2.24, 2.45) is 0 Å². The van der Waals surface area contributed by atoms with Crippen LogP contribution in [0.4, 0.5) is 10.7 Å². The molecule has 4 rings (SSSR count). The Balaban J connectivity index is 1.72. The summed E-state index contributed by atoms with van der Waals surface area (Å²) in [5.74, 6) is -1.62. The van der Waals surface area contributed by atoms with Crippen LogP contribution in [0, 0.1) is 0 Å². The monoisotopic (exact) mass is 463 g/mol. The van der Waals surface area contributed by atoms with E-state index in [4.69, 9.17) is 0 Å². The number of carboxylic acids is 1. The lowest BCUT2D eigenvalue weighted by molar-refractivity contribution is -0.114. The number of hydrogen-bond acceptors (Lipinski definition) is 5. The Morgan fingerprint density at radius 3 is 2.48 bits per heavy atom. The van der Waals surface area contributed by atoms with Gasteiger partial charge in [-0.25, -0.2) is 4.79 Å². The summed E-state index contributed by atoms with van der Waals surface area (Å²) in [4.78, 5) is 41.9. The number of aryl methyl sites for hydroxylation is 2. The zero-order chi connectivity index (χ0) is 23.9. The summed E-state index contributed by atoms with van der Waals surface area (Å²) in [5, 5.41) is 15.9. The van der Waals surface area contributed by atoms with E-state index in [0.717, 1.165) is 28.1 Å². The smallest absolute Gasteiger partial charge is 0.339 e. The summed E-state index contributed by atoms with van der Waals surface area (Å²) in [6, 6.07) is 8.84. The predicted octanol–water partition coefficient (Wildman–Crippen LogP) is 5.12. The van der Waals surface area contributed by atoms with Gasteiger partial charge >= 0.3 is 5.97 Å². The highest BCUT2D eigenvalue weighted by Crippen LogP contribution is 2.45. The molecule has 0 radical (unpaired) electrons. The molecule has 2 heterocycles. The number of hydrogen-bond donors (Lipinski definition) is 3. The normalized spacial score (nSPS) is 12.5. The predicted molar refractivity (Wildman–Crippen MR) is 129 cm³/mol. The SMILES string of the molecule is CC(=O)Nc1ccc2c(c1)CCc1sc(NC(=O)c3ccnc(C(C)(C)C)c3)c(C(=O)O)c1-2. The average Bonchev–Trinajstić information content (AvgIpc) is 3.11. The van der Waals surface area contributed by atoms with Crippen LogP contribution in [0.25, 0.3) is 11.1 Å². The van der Waals surface area contributed by atoms with Crippen molar-refractivity contribution < 1.29 is 19.5 Å². The van der Waals surface area contributed by atoms with Crippen molar-refractivity contribution in [1.82, 2.24) is 4.98 Å². The highest BCUT2D eigenvalue weighted by molar-refractivity contribution is 7.17. The molecule has 1 aromatic carbocycles. The van der Waals surface area contributed by atoms with Crippen molar-refractivity contribution in [1.29, 1.82) is 0 Å². The highest BCUT2D eigenvalue weighted by Gasteiger charge is 2.30. The molecule has 3 aromatic rings. The lowest BCUT2D eigenvalue weighted by Crippen LogP contribution is -2.17. The summed E-state index contributed by atoms with van der Waals surface area (Å²) in [5.41, 5.74) is 4.20. The van der Waals surface area contributed by atoms with Crippen molar-refractivity contribution in [2.45, 2.75) is 46.0 Å². The largest absolute Gasteiger partial charge is 0.478 e. The van der Waals surface area contributed by atoms with E-state index in [9.17, 15) is 19.5 Å². The maximum atomic E-state index is 13.0. The molecule has 0 aliphatic heterocycles. The van der Waals surface area contributed by atoms with E-state index < -0.39 is 5.97 Å². The lowest BCUT2D eigenvalue weighted by Gasteiger charge is -2.18. The Kier molecular flexibility index (Phi) is 5.80. The summed E-state index contributed by atoms with van der Waals surface area (Å²) in [6.07, 6.45) is 2.98. The van der Waals surface area contributed by atoms with Gasteiger partial charge < -0.3 is 15.7 Å². The Hall–Kier alpha value is -3.52. The van der Waals surface area contributed by atoms with Crippen LogP contribution in [0.2, 0.25) is 0 Å². The molecule has 0 atom stereocenters. The molecular formula is C25H25N3O4S. The maximum Gasteiger partial charge on any atom is 0.339 e. The van der Waals surface area contributed by atoms with Crippen molar-refractivity contribution in [2.75, 3.05) is 10.6 Å². The number of rotatable bonds is 4. The third-order valence-corrected chi connectivity index (χ3v) is 6.69. The van der Waals surface area contributed by atoms with Crippen LogP contribution in [0.5, 0.6) is 0 Å². The van der Waals surface area contributed by atoms with Crippen LogP contribution < -0.4 is 10.6 Å². The van der Waals surface area contributed by atoms with E-state index in [1.54, 1.807) is 24.4 Å². The second-order valence-electron chi connectivity index (χ2n) is 9.10. The molecule has 0 bridgehead atoms. The van der Waals surface area contributed by atoms with Gasteiger partial charge in [-0.3, -0.25) is 14.6 Å². The van der Waals surface area contributed by atoms with Crippen molar-refractivity contribution in [3.8, 4) is 11.1 Å². The molecule has 33 heavy (non-hydrogen) atoms. The molecule has 0 saturated carbocycles. The number of benzene rings is 1. The second kappa shape index (κ2) is 8.44. The number of pyridine rings is 1. The van der Waals surface area contributed by atoms with Gasteiger partial charge in [-0.15, -0.1) is 11.3 Å². The molecule has 170 valence electrons. The van der Waals surface area contributed by atoms with Crippen LogP contribution in [-0.4, -0.2) is 27.9 Å². The third-order valence-electron chi connectivity index (χ3n) is 5.53. The van der Waals surface area contributed by atoms with Gasteiger partial charge in [-0.2, -0.15) is 0 Å². The number of carboxylic acid groups (broad SMARTS) is 1. The summed E-state index contributed by atoms with van der Waals surface area (Å²) >= 11 is 1.30. The molecule has 2 amide bonds. The Labute approximate surface area is 195 Å². The fraction of sp³-hybridized carbons (Fsp3) is 0.280. The van der Waals surface area contributed by atoms with Gasteiger partial charge in [0.25, 0.3) is 5.91 Å². The van der Waals surface area contributed by atoms with Gasteiger partial charge in [0, 0.05) is 45.9 Å². The molecular weight excluding hydrogens is 438 g/mol. The first-order chi connectivity index (χ1) is 15.5. The molecule has 3 N–H and O–H groups in total. The Morgan fingerprint density at radius 1 is 1.06 bits per heavy atom. The van der Waals surface area contributed by atoms with Gasteiger partial charge in [0.2, 0.25) is 5.91 Å². The quantitative estimate of drug-likeness (QED) is 0.498. The zero-order valence-electron chi connectivity index (χ0n) is 18.9. The van der Waals surface area contributed by atoms with Crippen LogP contribution in [0.3, 0.4) is 0 Å². The average molecular weight is 464 g/mol. The summed E-state index contributed by atoms with van der Waals surface area (Å²) < 4.78 is 0. The van der Waals surface area contributed by atoms with Crippen molar-refractivity contribution >= 4 is 39.8 Å². The molecule has 2 aromatic heterocycles. The third kappa shape index (κ3) is 4.52. The zero-order valence-corrected chi connectivity index (χ0v) is 19.7. The van der Waals surface area contributed by atoms with Gasteiger partial charge in [0.1, 0.15) is 10.6 Å². The maximum absolute atomic E-state index is 13.0. The minimum absolute atomic E-state index is 0.0988. The first kappa shape index (κ1) is 22.7. The van der Waals surface area contributed by atoms with Crippen molar-refractivity contribution in [3.05, 3.63) is 63.8 Å². The highest BCUT2D eigenvalue weighted by atomic mass is 32.1. The van der Waals surface area contributed by atoms with E-state index in [1.807, 2.05) is 32.9 Å². The standard InChI is InChI=1S/C25H25N3O4S/c1-13(29)27-16-6-7-17-14(11-16)5-8-18-20(17)21(24(31)32)23(33-18)28-22(30)15-9-10-26-19(12-15)25(2,3)4/h6-7,9-12H,5,8H2,1-4H3,(H,27,29)(H,28,30)(H,31,32). The minimum atomic E-state index is -1.09. The molecule has 1 aliphatic carbocycles. The number of thiophene rings is 1. The Bertz CT molecular complexity index is 1290. The number of amides is 2. The summed E-state index contributed by atoms with van der Waals surface area (Å²) in [6.45, 7) is 7.49. The first-order valence-corrected chi connectivity index (χ1v) is 11.4. The first-order valence-electron chi connectivity index (χ1n) is 10.6. The van der Waals surface area contributed by atoms with E-state index in [2.05, 4.69) is 15.6 Å². The van der Waals surface area contributed by atoms with Gasteiger partial charge in [0.05, 0.1) is 0 Å². The molecule has 0 fully saturated rings. The van der Waals surface area contributed by atoms with E-state index in [-0.39, 0.29) is 22.8 Å². The fourth-order valence-corrected chi connectivity index (χ4v) is 5.16. The van der Waals surface area contributed by atoms with Crippen LogP contribution in [-0.2, 0) is 23.1 Å². The van der Waals surface area contributed by atoms with Crippen molar-refractivity contribution in [3.63, 3.8) is 0 Å². The number of nitrogens with zero attached hydrogens (tertiary/aromatic N) is 1. The van der Waals surface area contributed by atoms with E-state index >= 15 is 0 Å². The molecule has 0 saturated heterocycles. The lowest BCUT2D eigenvalue weighted by atomic mass is 9.87. The van der Waals surface area contributed by atoms with Gasteiger partial charge in [0.15, 0.2) is 0 Å². The molecule has 1 aliphatic rings. The number of aromatic nitrogens is 1. The fourth-order valence-electron chi connectivity index (χ4n) is 3.96. The number of aromatic carboxylic acids is 1. The van der Waals surface area contributed by atoms with E-state index in [0.29, 0.717) is 28.2 Å².